The first kappa shape index (κ1) is 14.1. The standard InChI is InChI=1S/C12H18N2O4S/c1-12(2,3)18-9-6-7-14-11(19(13,15)16)10(9)17-8-4-5-8/h6-8H,4-5H2,1-3H3,(H2,13,15,16). The van der Waals surface area contributed by atoms with Crippen LogP contribution < -0.4 is 14.6 Å². The molecule has 7 heteroatoms. The third-order valence-corrected chi connectivity index (χ3v) is 3.16. The molecule has 2 N–H and O–H groups in total. The Morgan fingerprint density at radius 3 is 2.47 bits per heavy atom. The first-order valence-corrected chi connectivity index (χ1v) is 7.59. The molecule has 1 aromatic rings. The van der Waals surface area contributed by atoms with Gasteiger partial charge in [0.15, 0.2) is 5.75 Å². The highest BCUT2D eigenvalue weighted by atomic mass is 32.2. The predicted octanol–water partition coefficient (Wildman–Crippen LogP) is 1.45. The van der Waals surface area contributed by atoms with E-state index in [4.69, 9.17) is 14.6 Å². The van der Waals surface area contributed by atoms with Crippen LogP contribution in [0, 0.1) is 0 Å². The molecule has 2 rings (SSSR count). The van der Waals surface area contributed by atoms with E-state index < -0.39 is 15.6 Å². The van der Waals surface area contributed by atoms with Crippen LogP contribution in [0.4, 0.5) is 0 Å². The summed E-state index contributed by atoms with van der Waals surface area (Å²) in [5, 5.41) is 4.88. The second-order valence-corrected chi connectivity index (χ2v) is 7.00. The first-order chi connectivity index (χ1) is 8.67. The van der Waals surface area contributed by atoms with Crippen LogP contribution in [0.15, 0.2) is 17.3 Å². The predicted molar refractivity (Wildman–Crippen MR) is 69.6 cm³/mol. The molecule has 6 nitrogen and oxygen atoms in total. The fourth-order valence-corrected chi connectivity index (χ4v) is 2.10. The zero-order valence-electron chi connectivity index (χ0n) is 11.2. The lowest BCUT2D eigenvalue weighted by Gasteiger charge is -2.23. The fraction of sp³-hybridized carbons (Fsp3) is 0.583. The van der Waals surface area contributed by atoms with Gasteiger partial charge >= 0.3 is 0 Å². The van der Waals surface area contributed by atoms with Crippen LogP contribution in [0.25, 0.3) is 0 Å². The maximum absolute atomic E-state index is 11.6. The fourth-order valence-electron chi connectivity index (χ4n) is 1.49. The van der Waals surface area contributed by atoms with Crippen LogP contribution in [0.5, 0.6) is 11.5 Å². The van der Waals surface area contributed by atoms with Crippen molar-refractivity contribution in [2.45, 2.75) is 50.3 Å². The van der Waals surface area contributed by atoms with Crippen molar-refractivity contribution < 1.29 is 17.9 Å². The minimum Gasteiger partial charge on any atom is -0.484 e. The van der Waals surface area contributed by atoms with Gasteiger partial charge in [-0.1, -0.05) is 0 Å². The van der Waals surface area contributed by atoms with Crippen molar-refractivity contribution in [2.24, 2.45) is 5.14 Å². The zero-order chi connectivity index (χ0) is 14.3. The van der Waals surface area contributed by atoms with Gasteiger partial charge < -0.3 is 9.47 Å². The van der Waals surface area contributed by atoms with Crippen LogP contribution in [0.3, 0.4) is 0 Å². The van der Waals surface area contributed by atoms with Crippen LogP contribution in [0.2, 0.25) is 0 Å². The minimum absolute atomic E-state index is 0.0204. The van der Waals surface area contributed by atoms with Crippen molar-refractivity contribution in [3.8, 4) is 11.5 Å². The number of sulfonamides is 1. The van der Waals surface area contributed by atoms with E-state index in [0.29, 0.717) is 5.75 Å². The average molecular weight is 286 g/mol. The van der Waals surface area contributed by atoms with Crippen LogP contribution in [-0.2, 0) is 10.0 Å². The van der Waals surface area contributed by atoms with E-state index in [0.717, 1.165) is 12.8 Å². The summed E-state index contributed by atoms with van der Waals surface area (Å²) in [5.74, 6) is 0.459. The summed E-state index contributed by atoms with van der Waals surface area (Å²) >= 11 is 0. The molecule has 0 aliphatic heterocycles. The number of ether oxygens (including phenoxy) is 2. The van der Waals surface area contributed by atoms with Crippen LogP contribution in [-0.4, -0.2) is 25.1 Å². The lowest BCUT2D eigenvalue weighted by Crippen LogP contribution is -2.24. The molecule has 1 saturated carbocycles. The van der Waals surface area contributed by atoms with E-state index >= 15 is 0 Å². The number of nitrogens with zero attached hydrogens (tertiary/aromatic N) is 1. The molecule has 1 aliphatic rings. The summed E-state index contributed by atoms with van der Waals surface area (Å²) < 4.78 is 34.4. The molecule has 106 valence electrons. The molecular weight excluding hydrogens is 268 g/mol. The Hall–Kier alpha value is -1.34. The number of aromatic nitrogens is 1. The first-order valence-electron chi connectivity index (χ1n) is 6.04. The summed E-state index contributed by atoms with van der Waals surface area (Å²) in [6.45, 7) is 5.60. The maximum atomic E-state index is 11.6. The normalized spacial score (nSPS) is 16.2. The van der Waals surface area contributed by atoms with Crippen molar-refractivity contribution in [3.63, 3.8) is 0 Å². The third kappa shape index (κ3) is 3.81. The number of hydrogen-bond acceptors (Lipinski definition) is 5. The van der Waals surface area contributed by atoms with Gasteiger partial charge in [0.2, 0.25) is 10.8 Å². The van der Waals surface area contributed by atoms with Crippen molar-refractivity contribution in [1.82, 2.24) is 4.98 Å². The van der Waals surface area contributed by atoms with Gasteiger partial charge in [-0.3, -0.25) is 0 Å². The Kier molecular flexibility index (Phi) is 3.44. The average Bonchev–Trinajstić information content (AvgIpc) is 3.00. The number of nitrogens with two attached hydrogens (primary N) is 1. The van der Waals surface area contributed by atoms with Gasteiger partial charge in [-0.25, -0.2) is 18.5 Å². The molecule has 0 saturated heterocycles. The lowest BCUT2D eigenvalue weighted by molar-refractivity contribution is 0.121. The van der Waals surface area contributed by atoms with Gasteiger partial charge in [-0.15, -0.1) is 0 Å². The topological polar surface area (TPSA) is 91.5 Å². The molecular formula is C12H18N2O4S. The van der Waals surface area contributed by atoms with Crippen LogP contribution in [0.1, 0.15) is 33.6 Å². The molecule has 1 heterocycles. The van der Waals surface area contributed by atoms with E-state index in [1.54, 1.807) is 6.07 Å². The van der Waals surface area contributed by atoms with Crippen LogP contribution >= 0.6 is 0 Å². The van der Waals surface area contributed by atoms with E-state index in [2.05, 4.69) is 4.98 Å². The largest absolute Gasteiger partial charge is 0.484 e. The minimum atomic E-state index is -3.95. The monoisotopic (exact) mass is 286 g/mol. The SMILES string of the molecule is CC(C)(C)Oc1ccnc(S(N)(=O)=O)c1OC1CC1. The highest BCUT2D eigenvalue weighted by molar-refractivity contribution is 7.89. The molecule has 1 aromatic heterocycles. The van der Waals surface area contributed by atoms with E-state index in [1.165, 1.54) is 6.20 Å². The summed E-state index contributed by atoms with van der Waals surface area (Å²) in [6, 6.07) is 1.58. The van der Waals surface area contributed by atoms with Gasteiger partial charge in [-0.05, 0) is 33.6 Å². The highest BCUT2D eigenvalue weighted by Gasteiger charge is 2.30. The van der Waals surface area contributed by atoms with Crippen molar-refractivity contribution in [1.29, 1.82) is 0 Å². The summed E-state index contributed by atoms with van der Waals surface area (Å²) in [7, 11) is -3.95. The molecule has 0 unspecified atom stereocenters. The molecule has 0 radical (unpaired) electrons. The summed E-state index contributed by atoms with van der Waals surface area (Å²) in [6.07, 6.45) is 3.16. The molecule has 0 spiro atoms. The number of rotatable bonds is 4. The van der Waals surface area contributed by atoms with Gasteiger partial charge in [0.25, 0.3) is 10.0 Å². The molecule has 1 fully saturated rings. The highest BCUT2D eigenvalue weighted by Crippen LogP contribution is 2.38. The molecule has 1 aliphatic carbocycles. The van der Waals surface area contributed by atoms with Gasteiger partial charge in [0.1, 0.15) is 5.60 Å². The molecule has 0 atom stereocenters. The van der Waals surface area contributed by atoms with E-state index in [1.807, 2.05) is 20.8 Å². The third-order valence-electron chi connectivity index (χ3n) is 2.33. The second kappa shape index (κ2) is 4.64. The molecule has 19 heavy (non-hydrogen) atoms. The van der Waals surface area contributed by atoms with Gasteiger partial charge in [0, 0.05) is 12.3 Å². The smallest absolute Gasteiger partial charge is 0.259 e. The van der Waals surface area contributed by atoms with E-state index in [-0.39, 0.29) is 16.9 Å². The van der Waals surface area contributed by atoms with Crippen molar-refractivity contribution in [3.05, 3.63) is 12.3 Å². The van der Waals surface area contributed by atoms with Crippen molar-refractivity contribution >= 4 is 10.0 Å². The quantitative estimate of drug-likeness (QED) is 0.904. The number of primary sulfonamides is 1. The number of pyridine rings is 1. The van der Waals surface area contributed by atoms with E-state index in [9.17, 15) is 8.42 Å². The Bertz CT molecular complexity index is 574. The number of hydrogen-bond donors (Lipinski definition) is 1. The Labute approximate surface area is 113 Å². The summed E-state index contributed by atoms with van der Waals surface area (Å²) in [5.41, 5.74) is -0.474. The van der Waals surface area contributed by atoms with Gasteiger partial charge in [0.05, 0.1) is 6.10 Å². The maximum Gasteiger partial charge on any atom is 0.259 e. The molecule has 0 bridgehead atoms. The van der Waals surface area contributed by atoms with Crippen molar-refractivity contribution in [2.75, 3.05) is 0 Å². The Morgan fingerprint density at radius 1 is 1.37 bits per heavy atom. The van der Waals surface area contributed by atoms with Gasteiger partial charge in [-0.2, -0.15) is 0 Å². The molecule has 0 aromatic carbocycles. The lowest BCUT2D eigenvalue weighted by atomic mass is 10.2. The zero-order valence-corrected chi connectivity index (χ0v) is 12.0. The Morgan fingerprint density at radius 2 is 2.00 bits per heavy atom. The summed E-state index contributed by atoms with van der Waals surface area (Å²) in [4.78, 5) is 3.80. The second-order valence-electron chi connectivity index (χ2n) is 5.52. The Balaban J connectivity index is 2.46. The molecule has 0 amide bonds.